The van der Waals surface area contributed by atoms with E-state index in [0.29, 0.717) is 12.4 Å². The molecule has 1 N–H and O–H groups in total. The summed E-state index contributed by atoms with van der Waals surface area (Å²) in [4.78, 5) is 27.9. The lowest BCUT2D eigenvalue weighted by atomic mass is 10.1. The second-order valence-corrected chi connectivity index (χ2v) is 10.9. The van der Waals surface area contributed by atoms with E-state index in [1.165, 1.54) is 24.1 Å². The highest BCUT2D eigenvalue weighted by Crippen LogP contribution is 2.33. The highest BCUT2D eigenvalue weighted by molar-refractivity contribution is 7.92. The van der Waals surface area contributed by atoms with Gasteiger partial charge in [-0.3, -0.25) is 13.9 Å². The van der Waals surface area contributed by atoms with Gasteiger partial charge >= 0.3 is 0 Å². The van der Waals surface area contributed by atoms with Crippen LogP contribution < -0.4 is 14.4 Å². The molecule has 3 rings (SSSR count). The molecule has 0 aromatic heterocycles. The maximum Gasteiger partial charge on any atom is 0.264 e. The van der Waals surface area contributed by atoms with E-state index in [2.05, 4.69) is 5.32 Å². The molecule has 0 aliphatic heterocycles. The lowest BCUT2D eigenvalue weighted by Gasteiger charge is -2.32. The van der Waals surface area contributed by atoms with Crippen LogP contribution in [-0.4, -0.2) is 51.4 Å². The van der Waals surface area contributed by atoms with E-state index >= 15 is 0 Å². The van der Waals surface area contributed by atoms with E-state index in [1.54, 1.807) is 50.2 Å². The number of rotatable bonds is 11. The number of amides is 2. The predicted molar refractivity (Wildman–Crippen MR) is 149 cm³/mol. The minimum atomic E-state index is -4.16. The third-order valence-corrected chi connectivity index (χ3v) is 7.98. The van der Waals surface area contributed by atoms with Gasteiger partial charge in [0.2, 0.25) is 11.8 Å². The number of benzene rings is 3. The number of para-hydroxylation sites is 2. The first kappa shape index (κ1) is 28.7. The Morgan fingerprint density at radius 3 is 2.08 bits per heavy atom. The van der Waals surface area contributed by atoms with E-state index in [0.717, 1.165) is 21.0 Å². The van der Waals surface area contributed by atoms with Crippen molar-refractivity contribution in [3.8, 4) is 5.75 Å². The molecular weight excluding hydrogens is 502 g/mol. The molecule has 38 heavy (non-hydrogen) atoms. The lowest BCUT2D eigenvalue weighted by molar-refractivity contribution is -0.139. The van der Waals surface area contributed by atoms with Crippen LogP contribution in [0.15, 0.2) is 77.7 Å². The number of carbonyl (C=O) groups excluding carboxylic acids is 2. The summed E-state index contributed by atoms with van der Waals surface area (Å²) in [6, 6.07) is 19.9. The van der Waals surface area contributed by atoms with E-state index in [9.17, 15) is 18.0 Å². The summed E-state index contributed by atoms with van der Waals surface area (Å²) in [7, 11) is -2.67. The molecule has 0 fully saturated rings. The first-order chi connectivity index (χ1) is 18.1. The molecule has 3 aromatic carbocycles. The SMILES string of the molecule is CCOc1ccccc1N(CC(=O)N(Cc1ccc(C)cc1)[C@H](C)C(=O)NC)S(=O)(=O)c1ccc(C)cc1. The molecular formula is C29H35N3O5S. The van der Waals surface area contributed by atoms with Crippen molar-refractivity contribution in [3.05, 3.63) is 89.5 Å². The van der Waals surface area contributed by atoms with E-state index in [1.807, 2.05) is 38.1 Å². The molecule has 3 aromatic rings. The monoisotopic (exact) mass is 537 g/mol. The van der Waals surface area contributed by atoms with Gasteiger partial charge in [0, 0.05) is 13.6 Å². The van der Waals surface area contributed by atoms with Crippen molar-refractivity contribution >= 4 is 27.5 Å². The van der Waals surface area contributed by atoms with Crippen LogP contribution in [0.3, 0.4) is 0 Å². The van der Waals surface area contributed by atoms with Crippen molar-refractivity contribution < 1.29 is 22.7 Å². The van der Waals surface area contributed by atoms with Crippen molar-refractivity contribution in [2.75, 3.05) is 24.5 Å². The molecule has 2 amide bonds. The Morgan fingerprint density at radius 1 is 0.921 bits per heavy atom. The molecule has 1 atom stereocenters. The number of carbonyl (C=O) groups is 2. The quantitative estimate of drug-likeness (QED) is 0.398. The van der Waals surface area contributed by atoms with E-state index < -0.39 is 28.5 Å². The van der Waals surface area contributed by atoms with Gasteiger partial charge in [-0.15, -0.1) is 0 Å². The summed E-state index contributed by atoms with van der Waals surface area (Å²) < 4.78 is 34.7. The number of hydrogen-bond acceptors (Lipinski definition) is 5. The third-order valence-electron chi connectivity index (χ3n) is 6.21. The largest absolute Gasteiger partial charge is 0.492 e. The highest BCUT2D eigenvalue weighted by Gasteiger charge is 2.33. The number of nitrogens with zero attached hydrogens (tertiary/aromatic N) is 2. The minimum absolute atomic E-state index is 0.0478. The minimum Gasteiger partial charge on any atom is -0.492 e. The molecule has 0 bridgehead atoms. The average molecular weight is 538 g/mol. The van der Waals surface area contributed by atoms with Gasteiger partial charge in [0.25, 0.3) is 10.0 Å². The number of hydrogen-bond donors (Lipinski definition) is 1. The van der Waals surface area contributed by atoms with Gasteiger partial charge in [0.05, 0.1) is 17.2 Å². The first-order valence-corrected chi connectivity index (χ1v) is 13.9. The van der Waals surface area contributed by atoms with E-state index in [4.69, 9.17) is 4.74 Å². The zero-order valence-electron chi connectivity index (χ0n) is 22.5. The molecule has 0 aliphatic carbocycles. The number of sulfonamides is 1. The van der Waals surface area contributed by atoms with Crippen molar-refractivity contribution in [2.45, 2.75) is 45.2 Å². The molecule has 0 saturated carbocycles. The Kier molecular flexibility index (Phi) is 9.52. The van der Waals surface area contributed by atoms with Gasteiger partial charge in [0.1, 0.15) is 18.3 Å². The summed E-state index contributed by atoms with van der Waals surface area (Å²) in [6.45, 7) is 7.19. The Balaban J connectivity index is 2.08. The van der Waals surface area contributed by atoms with Gasteiger partial charge in [-0.05, 0) is 57.5 Å². The van der Waals surface area contributed by atoms with Crippen LogP contribution in [-0.2, 0) is 26.2 Å². The summed E-state index contributed by atoms with van der Waals surface area (Å²) in [6.07, 6.45) is 0. The Bertz CT molecular complexity index is 1360. The third kappa shape index (κ3) is 6.72. The topological polar surface area (TPSA) is 96.0 Å². The van der Waals surface area contributed by atoms with E-state index in [-0.39, 0.29) is 23.0 Å². The molecule has 0 aliphatic rings. The van der Waals surface area contributed by atoms with Crippen LogP contribution in [0.5, 0.6) is 5.75 Å². The normalized spacial score (nSPS) is 11.9. The molecule has 0 heterocycles. The Hall–Kier alpha value is -3.85. The standard InChI is InChI=1S/C29H35N3O5S/c1-6-37-27-10-8-7-9-26(27)32(38(35,36)25-17-13-22(3)14-18-25)20-28(33)31(23(4)29(34)30-5)19-24-15-11-21(2)12-16-24/h7-18,23H,6,19-20H2,1-5H3,(H,30,34)/t23-/m1/s1. The van der Waals surface area contributed by atoms with Gasteiger partial charge in [-0.2, -0.15) is 0 Å². The average Bonchev–Trinajstić information content (AvgIpc) is 2.91. The van der Waals surface area contributed by atoms with Crippen LogP contribution >= 0.6 is 0 Å². The van der Waals surface area contributed by atoms with Crippen LogP contribution in [0.2, 0.25) is 0 Å². The predicted octanol–water partition coefficient (Wildman–Crippen LogP) is 4.06. The van der Waals surface area contributed by atoms with Crippen molar-refractivity contribution in [1.82, 2.24) is 10.2 Å². The maximum atomic E-state index is 13.9. The molecule has 8 nitrogen and oxygen atoms in total. The summed E-state index contributed by atoms with van der Waals surface area (Å²) >= 11 is 0. The summed E-state index contributed by atoms with van der Waals surface area (Å²) in [5, 5.41) is 2.58. The second kappa shape index (κ2) is 12.6. The van der Waals surface area contributed by atoms with Gasteiger partial charge in [-0.25, -0.2) is 8.42 Å². The van der Waals surface area contributed by atoms with Gasteiger partial charge in [-0.1, -0.05) is 59.7 Å². The lowest BCUT2D eigenvalue weighted by Crippen LogP contribution is -2.50. The van der Waals surface area contributed by atoms with Crippen LogP contribution in [0.4, 0.5) is 5.69 Å². The summed E-state index contributed by atoms with van der Waals surface area (Å²) in [5.41, 5.74) is 3.03. The van der Waals surface area contributed by atoms with Crippen LogP contribution in [0, 0.1) is 13.8 Å². The Morgan fingerprint density at radius 2 is 1.50 bits per heavy atom. The number of nitrogens with one attached hydrogen (secondary N) is 1. The molecule has 0 radical (unpaired) electrons. The summed E-state index contributed by atoms with van der Waals surface area (Å²) in [5.74, 6) is -0.542. The second-order valence-electron chi connectivity index (χ2n) is 9.02. The number of ether oxygens (including phenoxy) is 1. The number of aryl methyl sites for hydroxylation is 2. The maximum absolute atomic E-state index is 13.9. The molecule has 9 heteroatoms. The molecule has 0 unspecified atom stereocenters. The fourth-order valence-electron chi connectivity index (χ4n) is 3.97. The van der Waals surface area contributed by atoms with Crippen LogP contribution in [0.1, 0.15) is 30.5 Å². The molecule has 0 saturated heterocycles. The van der Waals surface area contributed by atoms with Crippen molar-refractivity contribution in [2.24, 2.45) is 0 Å². The zero-order valence-corrected chi connectivity index (χ0v) is 23.3. The zero-order chi connectivity index (χ0) is 27.9. The fraction of sp³-hybridized carbons (Fsp3) is 0.310. The smallest absolute Gasteiger partial charge is 0.264 e. The highest BCUT2D eigenvalue weighted by atomic mass is 32.2. The first-order valence-electron chi connectivity index (χ1n) is 12.5. The molecule has 202 valence electrons. The fourth-order valence-corrected chi connectivity index (χ4v) is 5.40. The van der Waals surface area contributed by atoms with Crippen molar-refractivity contribution in [3.63, 3.8) is 0 Å². The molecule has 0 spiro atoms. The van der Waals surface area contributed by atoms with Gasteiger partial charge < -0.3 is 15.0 Å². The Labute approximate surface area is 225 Å². The number of likely N-dealkylation sites (N-methyl/N-ethyl adjacent to an activating group) is 1. The van der Waals surface area contributed by atoms with Crippen molar-refractivity contribution in [1.29, 1.82) is 0 Å². The number of anilines is 1. The van der Waals surface area contributed by atoms with Gasteiger partial charge in [0.15, 0.2) is 0 Å². The van der Waals surface area contributed by atoms with Crippen LogP contribution in [0.25, 0.3) is 0 Å².